The lowest BCUT2D eigenvalue weighted by atomic mass is 9.96. The van der Waals surface area contributed by atoms with E-state index in [1.165, 1.54) is 4.90 Å². The molecule has 0 aromatic heterocycles. The normalized spacial score (nSPS) is 13.8. The van der Waals surface area contributed by atoms with E-state index in [4.69, 9.17) is 9.42 Å². The van der Waals surface area contributed by atoms with Crippen molar-refractivity contribution in [2.75, 3.05) is 14.1 Å². The first-order chi connectivity index (χ1) is 6.39. The molecule has 0 rings (SSSR count). The minimum atomic E-state index is -3.09. The summed E-state index contributed by atoms with van der Waals surface area (Å²) in [5.74, 6) is -0.269. The number of likely N-dealkylation sites (N-methyl/N-ethyl adjacent to an activating group) is 1. The van der Waals surface area contributed by atoms with Crippen LogP contribution in [0.1, 0.15) is 26.7 Å². The Balaban J connectivity index is 4.86. The van der Waals surface area contributed by atoms with Crippen LogP contribution in [-0.4, -0.2) is 35.4 Å². The van der Waals surface area contributed by atoms with Gasteiger partial charge in [-0.2, -0.15) is 0 Å². The Morgan fingerprint density at radius 3 is 2.07 bits per heavy atom. The van der Waals surface area contributed by atoms with Gasteiger partial charge >= 0.3 is 8.25 Å². The summed E-state index contributed by atoms with van der Waals surface area (Å²) < 4.78 is 15.5. The van der Waals surface area contributed by atoms with Crippen LogP contribution in [0.15, 0.2) is 0 Å². The van der Waals surface area contributed by atoms with Crippen molar-refractivity contribution in [1.29, 1.82) is 0 Å². The summed E-state index contributed by atoms with van der Waals surface area (Å²) in [7, 11) is 0.105. The second kappa shape index (κ2) is 5.49. The molecule has 1 amide bonds. The zero-order valence-corrected chi connectivity index (χ0v) is 10.0. The van der Waals surface area contributed by atoms with Crippen molar-refractivity contribution < 1.29 is 18.8 Å². The van der Waals surface area contributed by atoms with Gasteiger partial charge < -0.3 is 9.79 Å². The van der Waals surface area contributed by atoms with Crippen LogP contribution in [0.3, 0.4) is 0 Å². The lowest BCUT2D eigenvalue weighted by Crippen LogP contribution is -2.46. The van der Waals surface area contributed by atoms with E-state index in [-0.39, 0.29) is 5.91 Å². The molecule has 0 bridgehead atoms. The number of carbonyl (C=O) groups is 1. The summed E-state index contributed by atoms with van der Waals surface area (Å²) in [4.78, 5) is 21.8. The van der Waals surface area contributed by atoms with Crippen LogP contribution in [-0.2, 0) is 13.9 Å². The second-order valence-corrected chi connectivity index (χ2v) is 4.00. The van der Waals surface area contributed by atoms with E-state index in [9.17, 15) is 9.36 Å². The summed E-state index contributed by atoms with van der Waals surface area (Å²) in [5.41, 5.74) is -1.14. The van der Waals surface area contributed by atoms with Gasteiger partial charge in [0, 0.05) is 14.1 Å². The molecule has 0 heterocycles. The molecule has 0 saturated heterocycles. The molecule has 5 nitrogen and oxygen atoms in total. The maximum absolute atomic E-state index is 11.7. The van der Waals surface area contributed by atoms with Gasteiger partial charge in [-0.05, 0) is 12.8 Å². The first-order valence-corrected chi connectivity index (χ1v) is 5.79. The maximum atomic E-state index is 11.7. The van der Waals surface area contributed by atoms with Crippen LogP contribution in [0, 0.1) is 0 Å². The quantitative estimate of drug-likeness (QED) is 0.707. The van der Waals surface area contributed by atoms with Crippen LogP contribution in [0.4, 0.5) is 0 Å². The van der Waals surface area contributed by atoms with Gasteiger partial charge in [-0.25, -0.2) is 0 Å². The fraction of sp³-hybridized carbons (Fsp3) is 0.875. The van der Waals surface area contributed by atoms with Gasteiger partial charge in [-0.3, -0.25) is 13.9 Å². The number of nitrogens with zero attached hydrogens (tertiary/aromatic N) is 1. The lowest BCUT2D eigenvalue weighted by Gasteiger charge is -2.31. The van der Waals surface area contributed by atoms with Crippen molar-refractivity contribution >= 4 is 14.2 Å². The van der Waals surface area contributed by atoms with Crippen molar-refractivity contribution in [2.24, 2.45) is 0 Å². The summed E-state index contributed by atoms with van der Waals surface area (Å²) >= 11 is 0. The van der Waals surface area contributed by atoms with E-state index in [0.717, 1.165) is 0 Å². The number of carbonyl (C=O) groups excluding carboxylic acids is 1. The molecule has 0 aromatic carbocycles. The van der Waals surface area contributed by atoms with Crippen molar-refractivity contribution in [2.45, 2.75) is 32.3 Å². The van der Waals surface area contributed by atoms with Gasteiger partial charge in [0.25, 0.3) is 5.91 Å². The fourth-order valence-electron chi connectivity index (χ4n) is 1.32. The van der Waals surface area contributed by atoms with Crippen LogP contribution in [0.25, 0.3) is 0 Å². The average molecular weight is 223 g/mol. The first-order valence-electron chi connectivity index (χ1n) is 4.53. The Bertz CT molecular complexity index is 225. The van der Waals surface area contributed by atoms with Crippen LogP contribution >= 0.6 is 8.25 Å². The van der Waals surface area contributed by atoms with Crippen molar-refractivity contribution in [3.05, 3.63) is 0 Å². The highest BCUT2D eigenvalue weighted by atomic mass is 31.1. The highest BCUT2D eigenvalue weighted by Gasteiger charge is 2.38. The van der Waals surface area contributed by atoms with Crippen LogP contribution < -0.4 is 0 Å². The van der Waals surface area contributed by atoms with Gasteiger partial charge in [0.2, 0.25) is 0 Å². The van der Waals surface area contributed by atoms with Crippen molar-refractivity contribution in [3.63, 3.8) is 0 Å². The third-order valence-corrected chi connectivity index (χ3v) is 2.79. The van der Waals surface area contributed by atoms with E-state index in [1.807, 2.05) is 0 Å². The first kappa shape index (κ1) is 13.6. The molecule has 0 radical (unpaired) electrons. The summed E-state index contributed by atoms with van der Waals surface area (Å²) in [6.45, 7) is 3.52. The van der Waals surface area contributed by atoms with Gasteiger partial charge in [0.15, 0.2) is 5.60 Å². The average Bonchev–Trinajstić information content (AvgIpc) is 2.12. The van der Waals surface area contributed by atoms with E-state index < -0.39 is 13.9 Å². The molecule has 0 fully saturated rings. The maximum Gasteiger partial charge on any atom is 0.317 e. The molecule has 14 heavy (non-hydrogen) atoms. The molecule has 1 atom stereocenters. The predicted molar refractivity (Wildman–Crippen MR) is 54.3 cm³/mol. The van der Waals surface area contributed by atoms with E-state index >= 15 is 0 Å². The number of rotatable bonds is 5. The fourth-order valence-corrected chi connectivity index (χ4v) is 2.03. The number of hydrogen-bond donors (Lipinski definition) is 1. The molecule has 0 aliphatic carbocycles. The van der Waals surface area contributed by atoms with Crippen molar-refractivity contribution in [3.8, 4) is 0 Å². The third kappa shape index (κ3) is 3.08. The molecule has 6 heteroatoms. The molecule has 0 aliphatic heterocycles. The summed E-state index contributed by atoms with van der Waals surface area (Å²) in [6.07, 6.45) is 0.773. The van der Waals surface area contributed by atoms with Gasteiger partial charge in [-0.1, -0.05) is 13.8 Å². The van der Waals surface area contributed by atoms with Gasteiger partial charge in [0.1, 0.15) is 0 Å². The molecule has 0 aliphatic rings. The molecule has 0 saturated carbocycles. The Labute approximate surface area is 85.0 Å². The monoisotopic (exact) mass is 223 g/mol. The summed E-state index contributed by atoms with van der Waals surface area (Å²) in [6, 6.07) is 0. The SMILES string of the molecule is CCC(CC)(O[PH](=O)O)C(=O)N(C)C. The van der Waals surface area contributed by atoms with Crippen LogP contribution in [0.2, 0.25) is 0 Å². The Hall–Kier alpha value is -0.380. The Morgan fingerprint density at radius 1 is 1.43 bits per heavy atom. The lowest BCUT2D eigenvalue weighted by molar-refractivity contribution is -0.146. The topological polar surface area (TPSA) is 66.8 Å². The molecular weight excluding hydrogens is 205 g/mol. The number of hydrogen-bond acceptors (Lipinski definition) is 3. The second-order valence-electron chi connectivity index (χ2n) is 3.27. The highest BCUT2D eigenvalue weighted by molar-refractivity contribution is 7.32. The molecule has 0 spiro atoms. The molecule has 0 aromatic rings. The Morgan fingerprint density at radius 2 is 1.86 bits per heavy atom. The molecule has 84 valence electrons. The number of amides is 1. The van der Waals surface area contributed by atoms with Gasteiger partial charge in [0.05, 0.1) is 0 Å². The van der Waals surface area contributed by atoms with E-state index in [0.29, 0.717) is 12.8 Å². The van der Waals surface area contributed by atoms with Crippen LogP contribution in [0.5, 0.6) is 0 Å². The Kier molecular flexibility index (Phi) is 5.34. The van der Waals surface area contributed by atoms with E-state index in [1.54, 1.807) is 27.9 Å². The molecule has 1 N–H and O–H groups in total. The van der Waals surface area contributed by atoms with Gasteiger partial charge in [-0.15, -0.1) is 0 Å². The zero-order chi connectivity index (χ0) is 11.4. The minimum Gasteiger partial charge on any atom is -0.346 e. The third-order valence-electron chi connectivity index (χ3n) is 2.22. The van der Waals surface area contributed by atoms with Crippen molar-refractivity contribution in [1.82, 2.24) is 4.90 Å². The van der Waals surface area contributed by atoms with E-state index in [2.05, 4.69) is 0 Å². The predicted octanol–water partition coefficient (Wildman–Crippen LogP) is 1.03. The molecule has 1 unspecified atom stereocenters. The standard InChI is InChI=1S/C8H18NO4P/c1-5-8(6-2,13-14(11)12)7(10)9(3)4/h14H,5-6H2,1-4H3,(H,11,12). The highest BCUT2D eigenvalue weighted by Crippen LogP contribution is 2.32. The largest absolute Gasteiger partial charge is 0.346 e. The zero-order valence-electron chi connectivity index (χ0n) is 9.03. The smallest absolute Gasteiger partial charge is 0.317 e. The molecular formula is C8H18NO4P. The summed E-state index contributed by atoms with van der Waals surface area (Å²) in [5, 5.41) is 0. The minimum absolute atomic E-state index is 0.269.